The molecular formula is C35H31FN4O4S. The molecule has 1 N–H and O–H groups in total. The molecule has 0 fully saturated rings. The Bertz CT molecular complexity index is 2090. The average molecular weight is 623 g/mol. The van der Waals surface area contributed by atoms with Crippen LogP contribution in [0.4, 0.5) is 4.39 Å². The van der Waals surface area contributed by atoms with Crippen molar-refractivity contribution in [1.82, 2.24) is 19.6 Å². The SMILES string of the molecule is Cc1cn2nc(-c3ncc(Cc4ccc(F)cc4)s3)cc2c(-c2ccc3c4c(ccnc24)CCO3)c1C(OC(C)(C)C)C(=O)O. The molecule has 1 unspecified atom stereocenters. The van der Waals surface area contributed by atoms with Crippen molar-refractivity contribution < 1.29 is 23.8 Å². The molecule has 2 aromatic carbocycles. The number of fused-ring (bicyclic) bond motifs is 1. The smallest absolute Gasteiger partial charge is 0.337 e. The first kappa shape index (κ1) is 29.1. The number of hydrogen-bond donors (Lipinski definition) is 1. The fourth-order valence-electron chi connectivity index (χ4n) is 5.99. The molecule has 1 aliphatic rings. The van der Waals surface area contributed by atoms with Crippen molar-refractivity contribution in [3.63, 3.8) is 0 Å². The average Bonchev–Trinajstić information content (AvgIpc) is 3.64. The summed E-state index contributed by atoms with van der Waals surface area (Å²) in [7, 11) is 0. The van der Waals surface area contributed by atoms with Gasteiger partial charge in [0.25, 0.3) is 0 Å². The van der Waals surface area contributed by atoms with Crippen LogP contribution in [0.25, 0.3) is 38.2 Å². The van der Waals surface area contributed by atoms with Gasteiger partial charge in [0.15, 0.2) is 6.10 Å². The summed E-state index contributed by atoms with van der Waals surface area (Å²) in [5.41, 5.74) is 6.24. The van der Waals surface area contributed by atoms with E-state index in [0.29, 0.717) is 35.4 Å². The van der Waals surface area contributed by atoms with Gasteiger partial charge < -0.3 is 14.6 Å². The van der Waals surface area contributed by atoms with Crippen LogP contribution in [0.15, 0.2) is 67.1 Å². The summed E-state index contributed by atoms with van der Waals surface area (Å²) in [6, 6.07) is 14.3. The van der Waals surface area contributed by atoms with Crippen molar-refractivity contribution in [2.45, 2.75) is 52.2 Å². The number of ether oxygens (including phenoxy) is 2. The van der Waals surface area contributed by atoms with Crippen LogP contribution >= 0.6 is 11.3 Å². The zero-order valence-electron chi connectivity index (χ0n) is 25.3. The number of carbonyl (C=O) groups is 1. The Morgan fingerprint density at radius 3 is 2.71 bits per heavy atom. The molecule has 0 aliphatic carbocycles. The minimum absolute atomic E-state index is 0.268. The third-order valence-corrected chi connectivity index (χ3v) is 8.88. The van der Waals surface area contributed by atoms with E-state index in [2.05, 4.69) is 4.98 Å². The topological polar surface area (TPSA) is 98.8 Å². The van der Waals surface area contributed by atoms with Gasteiger partial charge >= 0.3 is 5.97 Å². The van der Waals surface area contributed by atoms with Crippen LogP contribution in [0.2, 0.25) is 0 Å². The minimum Gasteiger partial charge on any atom is -0.493 e. The van der Waals surface area contributed by atoms with Crippen molar-refractivity contribution >= 4 is 33.7 Å². The van der Waals surface area contributed by atoms with E-state index in [1.165, 1.54) is 23.5 Å². The summed E-state index contributed by atoms with van der Waals surface area (Å²) < 4.78 is 27.4. The van der Waals surface area contributed by atoms with Gasteiger partial charge in [0.2, 0.25) is 0 Å². The largest absolute Gasteiger partial charge is 0.493 e. The number of thiazole rings is 1. The van der Waals surface area contributed by atoms with Gasteiger partial charge in [-0.05, 0) is 80.8 Å². The Morgan fingerprint density at radius 1 is 1.16 bits per heavy atom. The number of aliphatic carboxylic acids is 1. The van der Waals surface area contributed by atoms with Crippen molar-refractivity contribution in [2.24, 2.45) is 0 Å². The van der Waals surface area contributed by atoms with Crippen LogP contribution < -0.4 is 4.74 Å². The highest BCUT2D eigenvalue weighted by Gasteiger charge is 2.33. The van der Waals surface area contributed by atoms with Gasteiger partial charge in [-0.2, -0.15) is 5.10 Å². The number of pyridine rings is 2. The highest BCUT2D eigenvalue weighted by Crippen LogP contribution is 2.44. The molecule has 8 nitrogen and oxygen atoms in total. The molecule has 228 valence electrons. The predicted octanol–water partition coefficient (Wildman–Crippen LogP) is 7.59. The number of carboxylic acid groups (broad SMARTS) is 1. The van der Waals surface area contributed by atoms with Crippen LogP contribution in [0.3, 0.4) is 0 Å². The Hall–Kier alpha value is -4.67. The van der Waals surface area contributed by atoms with Crippen molar-refractivity contribution in [2.75, 3.05) is 6.61 Å². The molecule has 45 heavy (non-hydrogen) atoms. The Balaban J connectivity index is 1.44. The van der Waals surface area contributed by atoms with Crippen LogP contribution in [0, 0.1) is 12.7 Å². The van der Waals surface area contributed by atoms with Gasteiger partial charge in [-0.15, -0.1) is 11.3 Å². The molecule has 1 atom stereocenters. The Morgan fingerprint density at radius 2 is 1.96 bits per heavy atom. The first-order valence-electron chi connectivity index (χ1n) is 14.7. The zero-order chi connectivity index (χ0) is 31.5. The number of carboxylic acids is 1. The van der Waals surface area contributed by atoms with Crippen LogP contribution in [0.5, 0.6) is 5.75 Å². The highest BCUT2D eigenvalue weighted by atomic mass is 32.1. The summed E-state index contributed by atoms with van der Waals surface area (Å²) in [5, 5.41) is 17.1. The number of rotatable bonds is 7. The lowest BCUT2D eigenvalue weighted by Gasteiger charge is -2.28. The second kappa shape index (κ2) is 11.0. The zero-order valence-corrected chi connectivity index (χ0v) is 26.1. The molecule has 0 saturated heterocycles. The minimum atomic E-state index is -1.24. The molecule has 4 aromatic heterocycles. The van der Waals surface area contributed by atoms with Gasteiger partial charge in [-0.25, -0.2) is 18.7 Å². The predicted molar refractivity (Wildman–Crippen MR) is 171 cm³/mol. The number of nitrogens with zero attached hydrogens (tertiary/aromatic N) is 4. The maximum absolute atomic E-state index is 13.4. The quantitative estimate of drug-likeness (QED) is 0.196. The maximum Gasteiger partial charge on any atom is 0.337 e. The van der Waals surface area contributed by atoms with E-state index in [0.717, 1.165) is 55.2 Å². The summed E-state index contributed by atoms with van der Waals surface area (Å²) >= 11 is 1.52. The second-order valence-electron chi connectivity index (χ2n) is 12.2. The molecule has 0 spiro atoms. The number of benzene rings is 2. The number of aromatic nitrogens is 4. The van der Waals surface area contributed by atoms with Gasteiger partial charge in [0.1, 0.15) is 22.3 Å². The number of aryl methyl sites for hydroxylation is 1. The van der Waals surface area contributed by atoms with E-state index in [1.807, 2.05) is 64.4 Å². The van der Waals surface area contributed by atoms with Crippen molar-refractivity contribution in [3.8, 4) is 27.6 Å². The van der Waals surface area contributed by atoms with E-state index in [9.17, 15) is 14.3 Å². The fraction of sp³-hybridized carbons (Fsp3) is 0.257. The molecule has 0 bridgehead atoms. The lowest BCUT2D eigenvalue weighted by atomic mass is 9.89. The van der Waals surface area contributed by atoms with E-state index >= 15 is 0 Å². The third-order valence-electron chi connectivity index (χ3n) is 7.86. The van der Waals surface area contributed by atoms with Gasteiger partial charge in [0, 0.05) is 58.4 Å². The molecule has 1 aliphatic heterocycles. The highest BCUT2D eigenvalue weighted by molar-refractivity contribution is 7.15. The number of halogens is 1. The molecule has 7 rings (SSSR count). The van der Waals surface area contributed by atoms with E-state index in [1.54, 1.807) is 22.8 Å². The Labute approximate surface area is 263 Å². The molecule has 0 radical (unpaired) electrons. The van der Waals surface area contributed by atoms with Crippen LogP contribution in [-0.2, 0) is 22.4 Å². The normalized spacial score (nSPS) is 13.7. The first-order chi connectivity index (χ1) is 21.6. The summed E-state index contributed by atoms with van der Waals surface area (Å²) in [6.07, 6.45) is 5.60. The molecule has 0 amide bonds. The van der Waals surface area contributed by atoms with Gasteiger partial charge in [-0.1, -0.05) is 12.1 Å². The van der Waals surface area contributed by atoms with E-state index in [4.69, 9.17) is 19.6 Å². The lowest BCUT2D eigenvalue weighted by molar-refractivity contribution is -0.160. The molecular weight excluding hydrogens is 591 g/mol. The first-order valence-corrected chi connectivity index (χ1v) is 15.5. The molecule has 6 aromatic rings. The summed E-state index contributed by atoms with van der Waals surface area (Å²) in [6.45, 7) is 8.02. The fourth-order valence-corrected chi connectivity index (χ4v) is 6.90. The second-order valence-corrected chi connectivity index (χ2v) is 13.4. The number of hydrogen-bond acceptors (Lipinski definition) is 7. The van der Waals surface area contributed by atoms with E-state index in [-0.39, 0.29) is 5.82 Å². The van der Waals surface area contributed by atoms with Gasteiger partial charge in [0.05, 0.1) is 23.2 Å². The van der Waals surface area contributed by atoms with Crippen LogP contribution in [0.1, 0.15) is 54.0 Å². The molecule has 5 heterocycles. The van der Waals surface area contributed by atoms with Crippen molar-refractivity contribution in [1.29, 1.82) is 0 Å². The summed E-state index contributed by atoms with van der Waals surface area (Å²) in [4.78, 5) is 23.3. The lowest BCUT2D eigenvalue weighted by Crippen LogP contribution is -2.28. The van der Waals surface area contributed by atoms with Gasteiger partial charge in [-0.3, -0.25) is 4.98 Å². The summed E-state index contributed by atoms with van der Waals surface area (Å²) in [5.74, 6) is -0.585. The maximum atomic E-state index is 13.4. The molecule has 0 saturated carbocycles. The monoisotopic (exact) mass is 622 g/mol. The third kappa shape index (κ3) is 5.44. The molecule has 10 heteroatoms. The Kier molecular flexibility index (Phi) is 7.13. The standard InChI is InChI=1S/C35H31FN4O4S/c1-19-18-40-26(16-25(39-40)33-38-17-23(45-33)15-20-5-7-22(36)8-6-20)30(28(19)32(34(41)42)44-35(2,3)4)24-9-10-27-29-21(12-14-43-27)11-13-37-31(24)29/h5-11,13,16-18,32H,12,14-15H2,1-4H3,(H,41,42). The van der Waals surface area contributed by atoms with Crippen LogP contribution in [-0.4, -0.2) is 42.9 Å². The van der Waals surface area contributed by atoms with Crippen molar-refractivity contribution in [3.05, 3.63) is 100 Å². The van der Waals surface area contributed by atoms with E-state index < -0.39 is 17.7 Å².